The zero-order chi connectivity index (χ0) is 20.5. The number of H-pyrrole nitrogens is 1. The van der Waals surface area contributed by atoms with Gasteiger partial charge in [0.15, 0.2) is 0 Å². The quantitative estimate of drug-likeness (QED) is 0.639. The topological polar surface area (TPSA) is 34.3 Å². The third-order valence-electron chi connectivity index (χ3n) is 6.85. The molecule has 4 nitrogen and oxygen atoms in total. The number of hydrogen-bond donors (Lipinski definition) is 2. The molecule has 0 spiro atoms. The molecule has 1 aromatic heterocycles. The normalized spacial score (nSPS) is 19.9. The van der Waals surface area contributed by atoms with Crippen LogP contribution in [-0.4, -0.2) is 55.2 Å². The maximum Gasteiger partial charge on any atom is 0.0458 e. The van der Waals surface area contributed by atoms with Crippen LogP contribution >= 0.6 is 11.6 Å². The Labute approximate surface area is 184 Å². The van der Waals surface area contributed by atoms with Gasteiger partial charge in [-0.25, -0.2) is 0 Å². The first kappa shape index (κ1) is 19.9. The summed E-state index contributed by atoms with van der Waals surface area (Å²) in [7, 11) is 0. The van der Waals surface area contributed by atoms with Crippen molar-refractivity contribution in [2.75, 3.05) is 44.2 Å². The van der Waals surface area contributed by atoms with Crippen molar-refractivity contribution < 1.29 is 0 Å². The molecule has 0 radical (unpaired) electrons. The number of aromatic nitrogens is 1. The van der Waals surface area contributed by atoms with E-state index >= 15 is 0 Å². The predicted octanol–water partition coefficient (Wildman–Crippen LogP) is 4.40. The van der Waals surface area contributed by atoms with Gasteiger partial charge in [0.2, 0.25) is 0 Å². The van der Waals surface area contributed by atoms with Gasteiger partial charge in [-0.05, 0) is 55.5 Å². The first-order valence-corrected chi connectivity index (χ1v) is 11.6. The summed E-state index contributed by atoms with van der Waals surface area (Å²) in [6, 6.07) is 15.7. The highest BCUT2D eigenvalue weighted by atomic mass is 35.5. The monoisotopic (exact) mass is 422 g/mol. The van der Waals surface area contributed by atoms with E-state index in [0.717, 1.165) is 62.7 Å². The molecular weight excluding hydrogens is 392 g/mol. The summed E-state index contributed by atoms with van der Waals surface area (Å²) in [4.78, 5) is 8.66. The van der Waals surface area contributed by atoms with Gasteiger partial charge in [-0.3, -0.25) is 4.90 Å². The largest absolute Gasteiger partial charge is 0.369 e. The number of piperazine rings is 1. The third kappa shape index (κ3) is 4.09. The lowest BCUT2D eigenvalue weighted by molar-refractivity contribution is 0.252. The lowest BCUT2D eigenvalue weighted by Gasteiger charge is -2.36. The van der Waals surface area contributed by atoms with Crippen molar-refractivity contribution in [3.63, 3.8) is 0 Å². The molecule has 5 heteroatoms. The number of halogens is 1. The summed E-state index contributed by atoms with van der Waals surface area (Å²) in [5.74, 6) is 0. The Bertz CT molecular complexity index is 1020. The molecule has 5 rings (SSSR count). The molecule has 0 amide bonds. The summed E-state index contributed by atoms with van der Waals surface area (Å²) >= 11 is 6.31. The van der Waals surface area contributed by atoms with Gasteiger partial charge >= 0.3 is 0 Å². The SMILES string of the molecule is Cc1ccc(N2CCN(CCNC3CCc4[nH]c5ccccc5c4C3)CC2)cc1Cl. The summed E-state index contributed by atoms with van der Waals surface area (Å²) in [5.41, 5.74) is 6.66. The molecular formula is C25H31ClN4. The van der Waals surface area contributed by atoms with E-state index in [1.807, 2.05) is 0 Å². The zero-order valence-corrected chi connectivity index (χ0v) is 18.5. The van der Waals surface area contributed by atoms with Gasteiger partial charge in [0.05, 0.1) is 0 Å². The molecule has 0 bridgehead atoms. The third-order valence-corrected chi connectivity index (χ3v) is 7.26. The van der Waals surface area contributed by atoms with Crippen LogP contribution in [0.5, 0.6) is 0 Å². The minimum absolute atomic E-state index is 0.590. The van der Waals surface area contributed by atoms with Gasteiger partial charge in [-0.15, -0.1) is 0 Å². The average molecular weight is 423 g/mol. The maximum absolute atomic E-state index is 6.31. The second-order valence-electron chi connectivity index (χ2n) is 8.78. The van der Waals surface area contributed by atoms with Crippen LogP contribution in [0.15, 0.2) is 42.5 Å². The molecule has 158 valence electrons. The number of aryl methyl sites for hydroxylation is 2. The fraction of sp³-hybridized carbons (Fsp3) is 0.440. The number of nitrogens with one attached hydrogen (secondary N) is 2. The van der Waals surface area contributed by atoms with Crippen molar-refractivity contribution in [1.29, 1.82) is 0 Å². The van der Waals surface area contributed by atoms with Crippen LogP contribution in [0, 0.1) is 6.92 Å². The zero-order valence-electron chi connectivity index (χ0n) is 17.8. The molecule has 30 heavy (non-hydrogen) atoms. The molecule has 1 unspecified atom stereocenters. The fourth-order valence-corrected chi connectivity index (χ4v) is 5.15. The van der Waals surface area contributed by atoms with Crippen molar-refractivity contribution in [1.82, 2.24) is 15.2 Å². The van der Waals surface area contributed by atoms with E-state index in [9.17, 15) is 0 Å². The van der Waals surface area contributed by atoms with E-state index in [1.165, 1.54) is 34.3 Å². The molecule has 1 aliphatic carbocycles. The van der Waals surface area contributed by atoms with Crippen LogP contribution in [0.4, 0.5) is 5.69 Å². The van der Waals surface area contributed by atoms with Gasteiger partial charge in [-0.1, -0.05) is 35.9 Å². The molecule has 1 aliphatic heterocycles. The second-order valence-corrected chi connectivity index (χ2v) is 9.19. The average Bonchev–Trinajstić information content (AvgIpc) is 3.14. The Kier molecular flexibility index (Phi) is 5.72. The van der Waals surface area contributed by atoms with Gasteiger partial charge in [-0.2, -0.15) is 0 Å². The lowest BCUT2D eigenvalue weighted by Crippen LogP contribution is -2.49. The van der Waals surface area contributed by atoms with Crippen LogP contribution in [-0.2, 0) is 12.8 Å². The number of aromatic amines is 1. The van der Waals surface area contributed by atoms with Gasteiger partial charge in [0.1, 0.15) is 0 Å². The molecule has 1 atom stereocenters. The number of para-hydroxylation sites is 1. The standard InChI is InChI=1S/C25H31ClN4/c1-18-6-8-20(17-23(18)26)30-14-12-29(13-15-30)11-10-27-19-7-9-25-22(16-19)21-4-2-3-5-24(21)28-25/h2-6,8,17,19,27-28H,7,9-16H2,1H3. The first-order chi connectivity index (χ1) is 14.7. The Morgan fingerprint density at radius 2 is 1.93 bits per heavy atom. The van der Waals surface area contributed by atoms with Gasteiger partial charge in [0.25, 0.3) is 0 Å². The molecule has 1 fully saturated rings. The number of rotatable bonds is 5. The highest BCUT2D eigenvalue weighted by Crippen LogP contribution is 2.29. The molecule has 2 aromatic carbocycles. The Morgan fingerprint density at radius 1 is 1.10 bits per heavy atom. The highest BCUT2D eigenvalue weighted by molar-refractivity contribution is 6.31. The van der Waals surface area contributed by atoms with E-state index in [1.54, 1.807) is 0 Å². The van der Waals surface area contributed by atoms with Crippen molar-refractivity contribution in [2.24, 2.45) is 0 Å². The first-order valence-electron chi connectivity index (χ1n) is 11.2. The van der Waals surface area contributed by atoms with Gasteiger partial charge in [0, 0.05) is 72.6 Å². The summed E-state index contributed by atoms with van der Waals surface area (Å²) in [5, 5.41) is 6.11. The minimum Gasteiger partial charge on any atom is -0.369 e. The molecule has 1 saturated heterocycles. The number of benzene rings is 2. The van der Waals surface area contributed by atoms with E-state index < -0.39 is 0 Å². The lowest BCUT2D eigenvalue weighted by atomic mass is 9.91. The summed E-state index contributed by atoms with van der Waals surface area (Å²) in [6.45, 7) is 8.62. The van der Waals surface area contributed by atoms with Crippen LogP contribution in [0.25, 0.3) is 10.9 Å². The fourth-order valence-electron chi connectivity index (χ4n) is 4.98. The number of anilines is 1. The van der Waals surface area contributed by atoms with Crippen LogP contribution < -0.4 is 10.2 Å². The molecule has 0 saturated carbocycles. The Balaban J connectivity index is 1.09. The Morgan fingerprint density at radius 3 is 2.77 bits per heavy atom. The summed E-state index contributed by atoms with van der Waals surface area (Å²) < 4.78 is 0. The van der Waals surface area contributed by atoms with Gasteiger partial charge < -0.3 is 15.2 Å². The van der Waals surface area contributed by atoms with Crippen molar-refractivity contribution in [2.45, 2.75) is 32.2 Å². The molecule has 2 N–H and O–H groups in total. The van der Waals surface area contributed by atoms with E-state index in [2.05, 4.69) is 69.5 Å². The van der Waals surface area contributed by atoms with Crippen LogP contribution in [0.2, 0.25) is 5.02 Å². The number of hydrogen-bond acceptors (Lipinski definition) is 3. The second kappa shape index (κ2) is 8.62. The predicted molar refractivity (Wildman–Crippen MR) is 127 cm³/mol. The Hall–Kier alpha value is -2.01. The van der Waals surface area contributed by atoms with Crippen LogP contribution in [0.1, 0.15) is 23.2 Å². The van der Waals surface area contributed by atoms with Crippen molar-refractivity contribution in [3.8, 4) is 0 Å². The number of nitrogens with zero attached hydrogens (tertiary/aromatic N) is 2. The smallest absolute Gasteiger partial charge is 0.0458 e. The maximum atomic E-state index is 6.31. The number of fused-ring (bicyclic) bond motifs is 3. The summed E-state index contributed by atoms with van der Waals surface area (Å²) in [6.07, 6.45) is 3.52. The van der Waals surface area contributed by atoms with Crippen LogP contribution in [0.3, 0.4) is 0 Å². The van der Waals surface area contributed by atoms with E-state index in [4.69, 9.17) is 11.6 Å². The highest BCUT2D eigenvalue weighted by Gasteiger charge is 2.23. The van der Waals surface area contributed by atoms with E-state index in [-0.39, 0.29) is 0 Å². The van der Waals surface area contributed by atoms with Crippen molar-refractivity contribution in [3.05, 3.63) is 64.3 Å². The minimum atomic E-state index is 0.590. The molecule has 2 heterocycles. The van der Waals surface area contributed by atoms with E-state index in [0.29, 0.717) is 6.04 Å². The molecule has 2 aliphatic rings. The molecule has 3 aromatic rings. The van der Waals surface area contributed by atoms with Crippen molar-refractivity contribution >= 4 is 28.2 Å².